The normalized spacial score (nSPS) is 17.5. The zero-order chi connectivity index (χ0) is 14.8. The van der Waals surface area contributed by atoms with Crippen molar-refractivity contribution in [1.29, 1.82) is 0 Å². The Morgan fingerprint density at radius 1 is 1.33 bits per heavy atom. The zero-order valence-electron chi connectivity index (χ0n) is 12.4. The predicted molar refractivity (Wildman–Crippen MR) is 86.2 cm³/mol. The van der Waals surface area contributed by atoms with Crippen molar-refractivity contribution in [3.05, 3.63) is 17.1 Å². The number of fused-ring (bicyclic) bond motifs is 5. The molecule has 0 aliphatic carbocycles. The molecule has 1 aliphatic rings. The van der Waals surface area contributed by atoms with E-state index in [0.29, 0.717) is 5.71 Å². The molecular formula is C14H16N4OS2. The summed E-state index contributed by atoms with van der Waals surface area (Å²) in [5, 5.41) is 10.5. The van der Waals surface area contributed by atoms with Crippen LogP contribution in [0.5, 0.6) is 0 Å². The van der Waals surface area contributed by atoms with Gasteiger partial charge in [0.05, 0.1) is 11.1 Å². The summed E-state index contributed by atoms with van der Waals surface area (Å²) < 4.78 is 8.26. The lowest BCUT2D eigenvalue weighted by Crippen LogP contribution is -2.22. The molecule has 0 saturated heterocycles. The molecule has 5 nitrogen and oxygen atoms in total. The van der Waals surface area contributed by atoms with Crippen LogP contribution in [0.4, 0.5) is 0 Å². The standard InChI is InChI=1S/C14H16N4OS2/c1-7-16-17-11-10-8-5-14(2,3)21-6-9(8)19-12(10)15-13(20-4)18(7)11/h5-6H2,1-4H3. The third-order valence-corrected chi connectivity index (χ3v) is 5.86. The van der Waals surface area contributed by atoms with Crippen LogP contribution in [0.3, 0.4) is 0 Å². The van der Waals surface area contributed by atoms with Crippen molar-refractivity contribution in [2.24, 2.45) is 0 Å². The van der Waals surface area contributed by atoms with Crippen molar-refractivity contribution >= 4 is 40.3 Å². The molecule has 0 saturated carbocycles. The van der Waals surface area contributed by atoms with Crippen LogP contribution in [0.1, 0.15) is 31.0 Å². The van der Waals surface area contributed by atoms with E-state index in [9.17, 15) is 0 Å². The average molecular weight is 320 g/mol. The van der Waals surface area contributed by atoms with Gasteiger partial charge in [0.1, 0.15) is 11.6 Å². The highest BCUT2D eigenvalue weighted by atomic mass is 32.2. The molecule has 0 fully saturated rings. The molecule has 3 aromatic heterocycles. The van der Waals surface area contributed by atoms with Gasteiger partial charge in [0.25, 0.3) is 0 Å². The van der Waals surface area contributed by atoms with Crippen LogP contribution >= 0.6 is 23.5 Å². The summed E-state index contributed by atoms with van der Waals surface area (Å²) in [5.74, 6) is 2.80. The fourth-order valence-corrected chi connectivity index (χ4v) is 4.45. The smallest absolute Gasteiger partial charge is 0.232 e. The second kappa shape index (κ2) is 4.39. The molecule has 0 bridgehead atoms. The summed E-state index contributed by atoms with van der Waals surface area (Å²) in [7, 11) is 0. The topological polar surface area (TPSA) is 56.2 Å². The van der Waals surface area contributed by atoms with Crippen LogP contribution in [0.25, 0.3) is 16.7 Å². The van der Waals surface area contributed by atoms with Crippen LogP contribution in [0.2, 0.25) is 0 Å². The van der Waals surface area contributed by atoms with Crippen molar-refractivity contribution < 1.29 is 4.42 Å². The quantitative estimate of drug-likeness (QED) is 0.505. The maximum Gasteiger partial charge on any atom is 0.232 e. The first-order chi connectivity index (χ1) is 10.00. The molecular weight excluding hydrogens is 304 g/mol. The van der Waals surface area contributed by atoms with E-state index in [1.54, 1.807) is 11.8 Å². The lowest BCUT2D eigenvalue weighted by atomic mass is 9.99. The lowest BCUT2D eigenvalue weighted by Gasteiger charge is -2.27. The maximum absolute atomic E-state index is 6.02. The van der Waals surface area contributed by atoms with Gasteiger partial charge in [-0.2, -0.15) is 4.98 Å². The molecule has 4 heterocycles. The molecule has 0 spiro atoms. The van der Waals surface area contributed by atoms with Crippen molar-refractivity contribution in [3.8, 4) is 0 Å². The van der Waals surface area contributed by atoms with Gasteiger partial charge >= 0.3 is 0 Å². The summed E-state index contributed by atoms with van der Waals surface area (Å²) >= 11 is 3.51. The van der Waals surface area contributed by atoms with E-state index in [-0.39, 0.29) is 4.75 Å². The Labute approximate surface area is 130 Å². The van der Waals surface area contributed by atoms with Crippen molar-refractivity contribution in [2.75, 3.05) is 6.26 Å². The molecule has 4 rings (SSSR count). The van der Waals surface area contributed by atoms with Gasteiger partial charge in [-0.25, -0.2) is 0 Å². The van der Waals surface area contributed by atoms with E-state index in [4.69, 9.17) is 4.42 Å². The minimum Gasteiger partial charge on any atom is -0.441 e. The molecule has 0 N–H and O–H groups in total. The van der Waals surface area contributed by atoms with E-state index in [0.717, 1.165) is 39.9 Å². The van der Waals surface area contributed by atoms with Gasteiger partial charge in [0.15, 0.2) is 10.8 Å². The number of rotatable bonds is 1. The molecule has 110 valence electrons. The monoisotopic (exact) mass is 320 g/mol. The van der Waals surface area contributed by atoms with Crippen LogP contribution in [0.15, 0.2) is 9.57 Å². The Balaban J connectivity index is 2.12. The highest BCUT2D eigenvalue weighted by Gasteiger charge is 2.32. The van der Waals surface area contributed by atoms with E-state index in [1.807, 2.05) is 29.3 Å². The summed E-state index contributed by atoms with van der Waals surface area (Å²) in [6, 6.07) is 0. The van der Waals surface area contributed by atoms with Crippen LogP contribution in [-0.4, -0.2) is 30.6 Å². The Morgan fingerprint density at radius 2 is 2.14 bits per heavy atom. The van der Waals surface area contributed by atoms with E-state index >= 15 is 0 Å². The summed E-state index contributed by atoms with van der Waals surface area (Å²) in [5.41, 5.74) is 2.82. The molecule has 3 aromatic rings. The van der Waals surface area contributed by atoms with E-state index in [1.165, 1.54) is 5.56 Å². The van der Waals surface area contributed by atoms with Gasteiger partial charge in [-0.3, -0.25) is 4.40 Å². The summed E-state index contributed by atoms with van der Waals surface area (Å²) in [6.07, 6.45) is 2.98. The number of thioether (sulfide) groups is 2. The van der Waals surface area contributed by atoms with Crippen LogP contribution in [0, 0.1) is 6.92 Å². The molecule has 21 heavy (non-hydrogen) atoms. The Morgan fingerprint density at radius 3 is 2.90 bits per heavy atom. The molecule has 0 unspecified atom stereocenters. The van der Waals surface area contributed by atoms with Crippen LogP contribution < -0.4 is 0 Å². The molecule has 0 aromatic carbocycles. The first kappa shape index (κ1) is 13.5. The lowest BCUT2D eigenvalue weighted by molar-refractivity contribution is 0.539. The minimum absolute atomic E-state index is 0.216. The fourth-order valence-electron chi connectivity index (χ4n) is 2.88. The number of hydrogen-bond acceptors (Lipinski definition) is 6. The van der Waals surface area contributed by atoms with Gasteiger partial charge in [-0.15, -0.1) is 22.0 Å². The Kier molecular flexibility index (Phi) is 2.81. The molecule has 0 amide bonds. The number of hydrogen-bond donors (Lipinski definition) is 0. The van der Waals surface area contributed by atoms with E-state index < -0.39 is 0 Å². The fraction of sp³-hybridized carbons (Fsp3) is 0.500. The average Bonchev–Trinajstić information content (AvgIpc) is 2.97. The largest absolute Gasteiger partial charge is 0.441 e. The molecule has 0 atom stereocenters. The summed E-state index contributed by atoms with van der Waals surface area (Å²) in [6.45, 7) is 6.50. The number of furan rings is 1. The van der Waals surface area contributed by atoms with Crippen molar-refractivity contribution in [2.45, 2.75) is 42.8 Å². The van der Waals surface area contributed by atoms with Gasteiger partial charge in [0, 0.05) is 10.3 Å². The third kappa shape index (κ3) is 1.90. The molecule has 7 heteroatoms. The highest BCUT2D eigenvalue weighted by molar-refractivity contribution is 7.99. The first-order valence-electron chi connectivity index (χ1n) is 6.84. The Bertz CT molecular complexity index is 865. The summed E-state index contributed by atoms with van der Waals surface area (Å²) in [4.78, 5) is 4.68. The number of aromatic nitrogens is 4. The zero-order valence-corrected chi connectivity index (χ0v) is 14.1. The number of aryl methyl sites for hydroxylation is 1. The SMILES string of the molecule is CSc1nc2oc3c(c2c2nnc(C)n12)CC(C)(C)SC3. The van der Waals surface area contributed by atoms with Crippen molar-refractivity contribution in [3.63, 3.8) is 0 Å². The Hall–Kier alpha value is -1.21. The van der Waals surface area contributed by atoms with Gasteiger partial charge in [0.2, 0.25) is 5.71 Å². The van der Waals surface area contributed by atoms with E-state index in [2.05, 4.69) is 29.0 Å². The second-order valence-corrected chi connectivity index (χ2v) is 8.37. The van der Waals surface area contributed by atoms with Gasteiger partial charge in [-0.05, 0) is 19.6 Å². The predicted octanol–water partition coefficient (Wildman–Crippen LogP) is 3.47. The third-order valence-electron chi connectivity index (χ3n) is 3.89. The van der Waals surface area contributed by atoms with Crippen molar-refractivity contribution in [1.82, 2.24) is 19.6 Å². The molecule has 1 aliphatic heterocycles. The maximum atomic E-state index is 6.02. The van der Waals surface area contributed by atoms with Gasteiger partial charge < -0.3 is 4.42 Å². The number of nitrogens with zero attached hydrogens (tertiary/aromatic N) is 4. The van der Waals surface area contributed by atoms with Gasteiger partial charge in [-0.1, -0.05) is 25.6 Å². The van der Waals surface area contributed by atoms with Crippen LogP contribution in [-0.2, 0) is 12.2 Å². The second-order valence-electron chi connectivity index (χ2n) is 5.91. The molecule has 0 radical (unpaired) electrons. The minimum atomic E-state index is 0.216. The first-order valence-corrected chi connectivity index (χ1v) is 9.05. The highest BCUT2D eigenvalue weighted by Crippen LogP contribution is 2.43.